The molecule has 2 amide bonds. The number of H-pyrrole nitrogens is 1. The topological polar surface area (TPSA) is 92.5 Å². The van der Waals surface area contributed by atoms with Gasteiger partial charge in [-0.15, -0.1) is 0 Å². The average molecular weight is 345 g/mol. The van der Waals surface area contributed by atoms with Gasteiger partial charge in [-0.25, -0.2) is 0 Å². The Morgan fingerprint density at radius 2 is 1.88 bits per heavy atom. The molecular formula is C18H23N3O4. The lowest BCUT2D eigenvalue weighted by atomic mass is 10.1. The number of benzene rings is 1. The molecule has 0 aliphatic rings. The Morgan fingerprint density at radius 3 is 2.52 bits per heavy atom. The largest absolute Gasteiger partial charge is 0.493 e. The van der Waals surface area contributed by atoms with E-state index in [1.54, 1.807) is 36.5 Å². The molecule has 0 saturated carbocycles. The van der Waals surface area contributed by atoms with Crippen LogP contribution >= 0.6 is 0 Å². The summed E-state index contributed by atoms with van der Waals surface area (Å²) in [5.41, 5.74) is 5.40. The van der Waals surface area contributed by atoms with Crippen molar-refractivity contribution in [1.82, 2.24) is 15.8 Å². The third-order valence-corrected chi connectivity index (χ3v) is 3.51. The Balaban J connectivity index is 1.96. The molecule has 1 aromatic carbocycles. The van der Waals surface area contributed by atoms with E-state index >= 15 is 0 Å². The van der Waals surface area contributed by atoms with E-state index in [9.17, 15) is 9.59 Å². The molecule has 0 radical (unpaired) electrons. The third-order valence-electron chi connectivity index (χ3n) is 3.51. The zero-order chi connectivity index (χ0) is 18.2. The summed E-state index contributed by atoms with van der Waals surface area (Å²) in [4.78, 5) is 26.7. The summed E-state index contributed by atoms with van der Waals surface area (Å²) in [7, 11) is 1.51. The Morgan fingerprint density at radius 1 is 1.12 bits per heavy atom. The molecule has 25 heavy (non-hydrogen) atoms. The van der Waals surface area contributed by atoms with Crippen LogP contribution in [0.3, 0.4) is 0 Å². The minimum Gasteiger partial charge on any atom is -0.493 e. The zero-order valence-corrected chi connectivity index (χ0v) is 14.6. The number of nitrogens with one attached hydrogen (secondary N) is 3. The highest BCUT2D eigenvalue weighted by Gasteiger charge is 2.13. The maximum Gasteiger partial charge on any atom is 0.286 e. The first-order chi connectivity index (χ1) is 12.0. The zero-order valence-electron chi connectivity index (χ0n) is 14.6. The fraction of sp³-hybridized carbons (Fsp3) is 0.333. The van der Waals surface area contributed by atoms with Crippen LogP contribution in [0, 0.1) is 5.92 Å². The second-order valence-electron chi connectivity index (χ2n) is 5.89. The standard InChI is InChI=1S/C18H23N3O4/c1-12(2)8-10-25-15-7-6-13(11-16(15)24-3)17(22)20-21-18(23)14-5-4-9-19-14/h4-7,9,11-12,19H,8,10H2,1-3H3,(H,20,22)(H,21,23). The molecule has 0 spiro atoms. The number of ether oxygens (including phenoxy) is 2. The summed E-state index contributed by atoms with van der Waals surface area (Å²) < 4.78 is 11.0. The van der Waals surface area contributed by atoms with Crippen LogP contribution in [0.4, 0.5) is 0 Å². The van der Waals surface area contributed by atoms with Crippen LogP contribution in [0.25, 0.3) is 0 Å². The molecule has 0 unspecified atom stereocenters. The van der Waals surface area contributed by atoms with Gasteiger partial charge in [-0.2, -0.15) is 0 Å². The molecule has 7 heteroatoms. The van der Waals surface area contributed by atoms with Gasteiger partial charge in [0.2, 0.25) is 0 Å². The third kappa shape index (κ3) is 5.27. The minimum atomic E-state index is -0.452. The van der Waals surface area contributed by atoms with Crippen LogP contribution in [0.1, 0.15) is 41.1 Å². The predicted octanol–water partition coefficient (Wildman–Crippen LogP) is 2.52. The summed E-state index contributed by atoms with van der Waals surface area (Å²) in [5, 5.41) is 0. The van der Waals surface area contributed by atoms with Gasteiger partial charge >= 0.3 is 0 Å². The predicted molar refractivity (Wildman–Crippen MR) is 93.7 cm³/mol. The van der Waals surface area contributed by atoms with Gasteiger partial charge in [0.1, 0.15) is 5.69 Å². The van der Waals surface area contributed by atoms with E-state index < -0.39 is 11.8 Å². The maximum absolute atomic E-state index is 12.2. The molecule has 2 rings (SSSR count). The van der Waals surface area contributed by atoms with Crippen molar-refractivity contribution in [3.63, 3.8) is 0 Å². The van der Waals surface area contributed by atoms with Crippen molar-refractivity contribution in [3.05, 3.63) is 47.8 Å². The van der Waals surface area contributed by atoms with Crippen molar-refractivity contribution in [2.45, 2.75) is 20.3 Å². The fourth-order valence-electron chi connectivity index (χ4n) is 2.06. The molecule has 0 saturated heterocycles. The Bertz CT molecular complexity index is 711. The van der Waals surface area contributed by atoms with E-state index in [2.05, 4.69) is 29.7 Å². The summed E-state index contributed by atoms with van der Waals surface area (Å²) in [6, 6.07) is 8.17. The van der Waals surface area contributed by atoms with Gasteiger partial charge in [0.15, 0.2) is 11.5 Å². The van der Waals surface area contributed by atoms with Crippen molar-refractivity contribution in [1.29, 1.82) is 0 Å². The first-order valence-corrected chi connectivity index (χ1v) is 8.06. The fourth-order valence-corrected chi connectivity index (χ4v) is 2.06. The summed E-state index contributed by atoms with van der Waals surface area (Å²) >= 11 is 0. The van der Waals surface area contributed by atoms with Crippen molar-refractivity contribution in [2.75, 3.05) is 13.7 Å². The van der Waals surface area contributed by atoms with E-state index in [-0.39, 0.29) is 0 Å². The molecule has 7 nitrogen and oxygen atoms in total. The van der Waals surface area contributed by atoms with Gasteiger partial charge in [-0.3, -0.25) is 20.4 Å². The molecule has 134 valence electrons. The van der Waals surface area contributed by atoms with Gasteiger partial charge in [-0.05, 0) is 42.7 Å². The van der Waals surface area contributed by atoms with Crippen LogP contribution in [-0.4, -0.2) is 30.5 Å². The molecule has 0 fully saturated rings. The van der Waals surface area contributed by atoms with Crippen LogP contribution in [0.2, 0.25) is 0 Å². The summed E-state index contributed by atoms with van der Waals surface area (Å²) in [6.07, 6.45) is 2.55. The molecule has 0 bridgehead atoms. The molecule has 3 N–H and O–H groups in total. The van der Waals surface area contributed by atoms with E-state index in [1.165, 1.54) is 7.11 Å². The number of carbonyl (C=O) groups excluding carboxylic acids is 2. The number of hydrogen-bond acceptors (Lipinski definition) is 4. The molecule has 0 atom stereocenters. The summed E-state index contributed by atoms with van der Waals surface area (Å²) in [5.74, 6) is 0.701. The first-order valence-electron chi connectivity index (χ1n) is 8.06. The highest BCUT2D eigenvalue weighted by Crippen LogP contribution is 2.28. The van der Waals surface area contributed by atoms with Crippen molar-refractivity contribution in [3.8, 4) is 11.5 Å². The lowest BCUT2D eigenvalue weighted by Crippen LogP contribution is -2.41. The van der Waals surface area contributed by atoms with Crippen molar-refractivity contribution in [2.24, 2.45) is 5.92 Å². The molecule has 2 aromatic rings. The summed E-state index contributed by atoms with van der Waals surface area (Å²) in [6.45, 7) is 4.82. The van der Waals surface area contributed by atoms with Crippen LogP contribution in [-0.2, 0) is 0 Å². The van der Waals surface area contributed by atoms with Gasteiger partial charge < -0.3 is 14.5 Å². The van der Waals surface area contributed by atoms with Gasteiger partial charge in [0.25, 0.3) is 11.8 Å². The van der Waals surface area contributed by atoms with E-state index in [0.717, 1.165) is 6.42 Å². The van der Waals surface area contributed by atoms with E-state index in [1.807, 2.05) is 0 Å². The van der Waals surface area contributed by atoms with Crippen molar-refractivity contribution >= 4 is 11.8 Å². The van der Waals surface area contributed by atoms with Gasteiger partial charge in [0, 0.05) is 11.8 Å². The van der Waals surface area contributed by atoms with Crippen LogP contribution in [0.15, 0.2) is 36.5 Å². The molecular weight excluding hydrogens is 322 g/mol. The SMILES string of the molecule is COc1cc(C(=O)NNC(=O)c2ccc[nH]2)ccc1OCCC(C)C. The molecule has 0 aliphatic carbocycles. The molecule has 0 aliphatic heterocycles. The lowest BCUT2D eigenvalue weighted by molar-refractivity contribution is 0.0844. The first kappa shape index (κ1) is 18.4. The highest BCUT2D eigenvalue weighted by atomic mass is 16.5. The molecule has 1 heterocycles. The van der Waals surface area contributed by atoms with Gasteiger partial charge in [-0.1, -0.05) is 13.8 Å². The number of amides is 2. The van der Waals surface area contributed by atoms with E-state index in [4.69, 9.17) is 9.47 Å². The number of aromatic nitrogens is 1. The number of rotatable bonds is 7. The van der Waals surface area contributed by atoms with E-state index in [0.29, 0.717) is 35.3 Å². The minimum absolute atomic E-state index is 0.347. The van der Waals surface area contributed by atoms with Gasteiger partial charge in [0.05, 0.1) is 13.7 Å². The quantitative estimate of drug-likeness (QED) is 0.672. The molecule has 1 aromatic heterocycles. The highest BCUT2D eigenvalue weighted by molar-refractivity contribution is 5.98. The Kier molecular flexibility index (Phi) is 6.45. The van der Waals surface area contributed by atoms with Crippen molar-refractivity contribution < 1.29 is 19.1 Å². The second kappa shape index (κ2) is 8.77. The normalized spacial score (nSPS) is 10.4. The number of aromatic amines is 1. The maximum atomic E-state index is 12.2. The number of hydrazine groups is 1. The van der Waals surface area contributed by atoms with Crippen LogP contribution < -0.4 is 20.3 Å². The Hall–Kier alpha value is -2.96. The van der Waals surface area contributed by atoms with Crippen LogP contribution in [0.5, 0.6) is 11.5 Å². The number of methoxy groups -OCH3 is 1. The lowest BCUT2D eigenvalue weighted by Gasteiger charge is -2.13. The number of hydrogen-bond donors (Lipinski definition) is 3. The Labute approximate surface area is 146 Å². The smallest absolute Gasteiger partial charge is 0.286 e. The monoisotopic (exact) mass is 345 g/mol. The number of carbonyl (C=O) groups is 2. The second-order valence-corrected chi connectivity index (χ2v) is 5.89. The average Bonchev–Trinajstić information content (AvgIpc) is 3.14.